The summed E-state index contributed by atoms with van der Waals surface area (Å²) in [6.07, 6.45) is 1.62. The minimum atomic E-state index is 0.250. The molecule has 0 bridgehead atoms. The van der Waals surface area contributed by atoms with Crippen LogP contribution in [0.3, 0.4) is 0 Å². The molecule has 0 saturated carbocycles. The van der Waals surface area contributed by atoms with E-state index in [2.05, 4.69) is 9.87 Å². The Kier molecular flexibility index (Phi) is 0.997. The van der Waals surface area contributed by atoms with Crippen molar-refractivity contribution >= 4 is 0 Å². The molecular formula is C4H4NO2. The first kappa shape index (κ1) is 4.21. The topological polar surface area (TPSA) is 44.9 Å². The monoisotopic (exact) mass is 98.0 g/mol. The molecule has 0 atom stereocenters. The zero-order valence-corrected chi connectivity index (χ0v) is 3.55. The summed E-state index contributed by atoms with van der Waals surface area (Å²) in [6, 6.07) is 3.24. The molecule has 7 heavy (non-hydrogen) atoms. The van der Waals surface area contributed by atoms with Crippen molar-refractivity contribution in [3.8, 4) is 5.88 Å². The Morgan fingerprint density at radius 3 is 2.86 bits per heavy atom. The van der Waals surface area contributed by atoms with Gasteiger partial charge in [-0.05, 0) is 6.07 Å². The van der Waals surface area contributed by atoms with Crippen LogP contribution in [-0.2, 0) is 5.26 Å². The SMILES string of the molecule is [O]Oc1ccc[nH]1. The zero-order chi connectivity index (χ0) is 5.11. The fourth-order valence-corrected chi connectivity index (χ4v) is 0.366. The minimum absolute atomic E-state index is 0.250. The highest BCUT2D eigenvalue weighted by molar-refractivity contribution is 5.08. The molecule has 0 unspecified atom stereocenters. The molecule has 3 nitrogen and oxygen atoms in total. The van der Waals surface area contributed by atoms with Crippen LogP contribution in [0.15, 0.2) is 18.3 Å². The first-order valence-corrected chi connectivity index (χ1v) is 1.86. The fourth-order valence-electron chi connectivity index (χ4n) is 0.366. The molecule has 0 aliphatic heterocycles. The summed E-state index contributed by atoms with van der Waals surface area (Å²) in [5.74, 6) is 0.250. The first-order valence-electron chi connectivity index (χ1n) is 1.86. The van der Waals surface area contributed by atoms with Crippen molar-refractivity contribution in [3.63, 3.8) is 0 Å². The van der Waals surface area contributed by atoms with Crippen molar-refractivity contribution in [3.05, 3.63) is 18.3 Å². The van der Waals surface area contributed by atoms with Crippen LogP contribution >= 0.6 is 0 Å². The van der Waals surface area contributed by atoms with Gasteiger partial charge in [0.05, 0.1) is 0 Å². The van der Waals surface area contributed by atoms with Crippen LogP contribution in [0.5, 0.6) is 5.88 Å². The lowest BCUT2D eigenvalue weighted by atomic mass is 10.7. The number of aromatic nitrogens is 1. The van der Waals surface area contributed by atoms with Crippen molar-refractivity contribution in [2.45, 2.75) is 0 Å². The summed E-state index contributed by atoms with van der Waals surface area (Å²) in [5, 5.41) is 9.46. The maximum atomic E-state index is 9.46. The Balaban J connectivity index is 2.76. The quantitative estimate of drug-likeness (QED) is 0.408. The third-order valence-electron chi connectivity index (χ3n) is 0.659. The second-order valence-electron chi connectivity index (χ2n) is 1.12. The van der Waals surface area contributed by atoms with Crippen LogP contribution in [0.1, 0.15) is 0 Å². The van der Waals surface area contributed by atoms with E-state index in [4.69, 9.17) is 0 Å². The van der Waals surface area contributed by atoms with Crippen LogP contribution < -0.4 is 4.89 Å². The van der Waals surface area contributed by atoms with Crippen molar-refractivity contribution < 1.29 is 10.1 Å². The summed E-state index contributed by atoms with van der Waals surface area (Å²) < 4.78 is 0. The summed E-state index contributed by atoms with van der Waals surface area (Å²) in [4.78, 5) is 6.10. The summed E-state index contributed by atoms with van der Waals surface area (Å²) in [6.45, 7) is 0. The van der Waals surface area contributed by atoms with Crippen LogP contribution in [-0.4, -0.2) is 4.98 Å². The van der Waals surface area contributed by atoms with E-state index < -0.39 is 0 Å². The zero-order valence-electron chi connectivity index (χ0n) is 3.55. The molecule has 1 N–H and O–H groups in total. The molecule has 3 heteroatoms. The van der Waals surface area contributed by atoms with Gasteiger partial charge in [-0.2, -0.15) is 0 Å². The molecule has 1 radical (unpaired) electrons. The van der Waals surface area contributed by atoms with Gasteiger partial charge in [-0.15, -0.1) is 0 Å². The lowest BCUT2D eigenvalue weighted by Crippen LogP contribution is -1.77. The average Bonchev–Trinajstić information content (AvgIpc) is 2.14. The molecule has 1 aromatic rings. The van der Waals surface area contributed by atoms with Gasteiger partial charge in [0.15, 0.2) is 0 Å². The molecule has 1 aromatic heterocycles. The number of hydrogen-bond acceptors (Lipinski definition) is 1. The average molecular weight is 98.1 g/mol. The largest absolute Gasteiger partial charge is 0.330 e. The van der Waals surface area contributed by atoms with E-state index in [0.717, 1.165) is 0 Å². The molecule has 1 rings (SSSR count). The Bertz CT molecular complexity index is 124. The highest BCUT2D eigenvalue weighted by Crippen LogP contribution is 2.01. The maximum Gasteiger partial charge on any atom is 0.237 e. The lowest BCUT2D eigenvalue weighted by molar-refractivity contribution is -0.211. The van der Waals surface area contributed by atoms with Crippen LogP contribution in [0.4, 0.5) is 0 Å². The normalized spacial score (nSPS) is 8.71. The van der Waals surface area contributed by atoms with Gasteiger partial charge in [-0.25, -0.2) is 0 Å². The van der Waals surface area contributed by atoms with Gasteiger partial charge >= 0.3 is 0 Å². The summed E-state index contributed by atoms with van der Waals surface area (Å²) in [5.41, 5.74) is 0. The van der Waals surface area contributed by atoms with Crippen molar-refractivity contribution in [1.82, 2.24) is 4.98 Å². The smallest absolute Gasteiger partial charge is 0.237 e. The first-order chi connectivity index (χ1) is 3.43. The van der Waals surface area contributed by atoms with Crippen LogP contribution in [0.2, 0.25) is 0 Å². The maximum absolute atomic E-state index is 9.46. The van der Waals surface area contributed by atoms with E-state index in [9.17, 15) is 5.26 Å². The fraction of sp³-hybridized carbons (Fsp3) is 0. The number of nitrogens with one attached hydrogen (secondary N) is 1. The third-order valence-corrected chi connectivity index (χ3v) is 0.659. The van der Waals surface area contributed by atoms with E-state index in [1.165, 1.54) is 0 Å². The molecular weight excluding hydrogens is 94.0 g/mol. The predicted molar refractivity (Wildman–Crippen MR) is 22.1 cm³/mol. The van der Waals surface area contributed by atoms with E-state index in [1.54, 1.807) is 18.3 Å². The highest BCUT2D eigenvalue weighted by atomic mass is 17.1. The Hall–Kier alpha value is -0.960. The van der Waals surface area contributed by atoms with Gasteiger partial charge in [-0.3, -0.25) is 4.89 Å². The molecule has 0 fully saturated rings. The van der Waals surface area contributed by atoms with Crippen LogP contribution in [0.25, 0.3) is 0 Å². The Morgan fingerprint density at radius 2 is 2.57 bits per heavy atom. The molecule has 0 spiro atoms. The van der Waals surface area contributed by atoms with Crippen LogP contribution in [0, 0.1) is 0 Å². The van der Waals surface area contributed by atoms with Gasteiger partial charge < -0.3 is 4.98 Å². The Morgan fingerprint density at radius 1 is 1.71 bits per heavy atom. The number of H-pyrrole nitrogens is 1. The molecule has 0 aliphatic carbocycles. The predicted octanol–water partition coefficient (Wildman–Crippen LogP) is 0.739. The molecule has 0 aromatic carbocycles. The summed E-state index contributed by atoms with van der Waals surface area (Å²) in [7, 11) is 0. The number of rotatable bonds is 1. The van der Waals surface area contributed by atoms with Gasteiger partial charge in [-0.1, -0.05) is 0 Å². The molecule has 0 aliphatic rings. The Labute approximate surface area is 40.5 Å². The molecule has 37 valence electrons. The second-order valence-corrected chi connectivity index (χ2v) is 1.12. The standard InChI is InChI=1S/C4H4NO2/c6-7-4-2-1-3-5-4/h1-3,5H. The summed E-state index contributed by atoms with van der Waals surface area (Å²) >= 11 is 0. The van der Waals surface area contributed by atoms with E-state index >= 15 is 0 Å². The van der Waals surface area contributed by atoms with Gasteiger partial charge in [0, 0.05) is 17.5 Å². The van der Waals surface area contributed by atoms with Gasteiger partial charge in [0.25, 0.3) is 0 Å². The number of aromatic amines is 1. The lowest BCUT2D eigenvalue weighted by Gasteiger charge is -1.79. The van der Waals surface area contributed by atoms with Crippen molar-refractivity contribution in [2.24, 2.45) is 0 Å². The van der Waals surface area contributed by atoms with Gasteiger partial charge in [0.2, 0.25) is 5.88 Å². The second kappa shape index (κ2) is 1.66. The molecule has 0 amide bonds. The van der Waals surface area contributed by atoms with E-state index in [0.29, 0.717) is 0 Å². The molecule has 1 heterocycles. The van der Waals surface area contributed by atoms with E-state index in [1.807, 2.05) is 0 Å². The van der Waals surface area contributed by atoms with Crippen molar-refractivity contribution in [1.29, 1.82) is 0 Å². The third kappa shape index (κ3) is 0.721. The van der Waals surface area contributed by atoms with Crippen molar-refractivity contribution in [2.75, 3.05) is 0 Å². The van der Waals surface area contributed by atoms with Gasteiger partial charge in [0.1, 0.15) is 0 Å². The minimum Gasteiger partial charge on any atom is -0.330 e. The highest BCUT2D eigenvalue weighted by Gasteiger charge is 1.85. The molecule has 0 saturated heterocycles. The number of hydrogen-bond donors (Lipinski definition) is 1. The van der Waals surface area contributed by atoms with E-state index in [-0.39, 0.29) is 5.88 Å².